The number of hydrogen-bond acceptors (Lipinski definition) is 5. The van der Waals surface area contributed by atoms with Gasteiger partial charge in [0.1, 0.15) is 5.82 Å². The first kappa shape index (κ1) is 19.3. The van der Waals surface area contributed by atoms with E-state index in [4.69, 9.17) is 21.1 Å². The van der Waals surface area contributed by atoms with Crippen LogP contribution < -0.4 is 14.8 Å². The third-order valence-electron chi connectivity index (χ3n) is 3.69. The summed E-state index contributed by atoms with van der Waals surface area (Å²) in [7, 11) is 1.51. The summed E-state index contributed by atoms with van der Waals surface area (Å²) in [5.41, 5.74) is 0.372. The lowest BCUT2D eigenvalue weighted by molar-refractivity contribution is 0.102. The largest absolute Gasteiger partial charge is 0.493 e. The summed E-state index contributed by atoms with van der Waals surface area (Å²) < 4.78 is 12.8. The van der Waals surface area contributed by atoms with Crippen LogP contribution in [0.15, 0.2) is 41.9 Å². The van der Waals surface area contributed by atoms with Crippen molar-refractivity contribution in [3.8, 4) is 11.5 Å². The minimum absolute atomic E-state index is 0.0670. The molecular formula is C19H20ClN3O3S. The summed E-state index contributed by atoms with van der Waals surface area (Å²) in [6.07, 6.45) is 1.58. The molecule has 1 aromatic carbocycles. The third-order valence-corrected chi connectivity index (χ3v) is 4.83. The Kier molecular flexibility index (Phi) is 6.03. The number of carbonyl (C=O) groups excluding carboxylic acids is 1. The maximum atomic E-state index is 12.7. The molecule has 6 nitrogen and oxygen atoms in total. The fourth-order valence-corrected chi connectivity index (χ4v) is 3.45. The molecule has 0 bridgehead atoms. The predicted molar refractivity (Wildman–Crippen MR) is 107 cm³/mol. The Hall–Kier alpha value is -2.51. The smallest absolute Gasteiger partial charge is 0.257 e. The minimum atomic E-state index is -0.306. The molecule has 2 aromatic heterocycles. The monoisotopic (exact) mass is 405 g/mol. The molecular weight excluding hydrogens is 386 g/mol. The molecule has 0 saturated heterocycles. The topological polar surface area (TPSA) is 65.4 Å². The summed E-state index contributed by atoms with van der Waals surface area (Å²) in [5, 5.41) is 9.47. The Morgan fingerprint density at radius 3 is 2.85 bits per heavy atom. The molecule has 27 heavy (non-hydrogen) atoms. The molecule has 8 heteroatoms. The molecule has 0 aliphatic heterocycles. The molecule has 0 saturated carbocycles. The first-order chi connectivity index (χ1) is 13.0. The van der Waals surface area contributed by atoms with Crippen molar-refractivity contribution in [1.29, 1.82) is 0 Å². The molecule has 2 heterocycles. The van der Waals surface area contributed by atoms with Crippen molar-refractivity contribution < 1.29 is 14.3 Å². The summed E-state index contributed by atoms with van der Waals surface area (Å²) >= 11 is 7.95. The zero-order valence-corrected chi connectivity index (χ0v) is 16.8. The van der Waals surface area contributed by atoms with Gasteiger partial charge in [-0.05, 0) is 37.4 Å². The number of amides is 1. The molecule has 0 spiro atoms. The number of nitrogens with one attached hydrogen (secondary N) is 1. The number of thiophene rings is 1. The van der Waals surface area contributed by atoms with Gasteiger partial charge in [0.05, 0.1) is 31.0 Å². The zero-order chi connectivity index (χ0) is 19.4. The van der Waals surface area contributed by atoms with E-state index in [2.05, 4.69) is 10.4 Å². The van der Waals surface area contributed by atoms with Crippen LogP contribution in [0.3, 0.4) is 0 Å². The zero-order valence-electron chi connectivity index (χ0n) is 15.2. The van der Waals surface area contributed by atoms with Gasteiger partial charge in [0.2, 0.25) is 0 Å². The van der Waals surface area contributed by atoms with Crippen molar-refractivity contribution in [3.05, 3.63) is 57.4 Å². The fourth-order valence-electron chi connectivity index (χ4n) is 2.50. The molecule has 0 unspecified atom stereocenters. The van der Waals surface area contributed by atoms with Crippen LogP contribution in [0, 0.1) is 0 Å². The van der Waals surface area contributed by atoms with Gasteiger partial charge in [-0.2, -0.15) is 5.10 Å². The molecule has 3 rings (SSSR count). The summed E-state index contributed by atoms with van der Waals surface area (Å²) in [6, 6.07) is 8.93. The van der Waals surface area contributed by atoms with Gasteiger partial charge in [0.15, 0.2) is 11.5 Å². The number of hydrogen-bond donors (Lipinski definition) is 1. The van der Waals surface area contributed by atoms with Crippen molar-refractivity contribution in [2.75, 3.05) is 12.4 Å². The number of carbonyl (C=O) groups is 1. The van der Waals surface area contributed by atoms with E-state index in [1.807, 2.05) is 31.4 Å². The second kappa shape index (κ2) is 8.45. The molecule has 0 atom stereocenters. The first-order valence-corrected chi connectivity index (χ1v) is 9.63. The highest BCUT2D eigenvalue weighted by atomic mass is 35.5. The number of methoxy groups -OCH3 is 1. The van der Waals surface area contributed by atoms with Gasteiger partial charge in [0.25, 0.3) is 5.91 Å². The number of benzene rings is 1. The number of halogens is 1. The van der Waals surface area contributed by atoms with Crippen LogP contribution in [-0.4, -0.2) is 28.9 Å². The van der Waals surface area contributed by atoms with Crippen LogP contribution in [0.2, 0.25) is 5.02 Å². The lowest BCUT2D eigenvalue weighted by atomic mass is 10.2. The number of aromatic nitrogens is 2. The second-order valence-corrected chi connectivity index (χ2v) is 7.50. The summed E-state index contributed by atoms with van der Waals surface area (Å²) in [6.45, 7) is 4.38. The Bertz CT molecular complexity index is 922. The number of anilines is 1. The standard InChI is InChI=1S/C19H20ClN3O3S/c1-12(2)26-18-15(20)9-13(10-16(18)25-3)19(24)22-17-6-7-21-23(17)11-14-5-4-8-27-14/h4-10,12H,11H2,1-3H3,(H,22,24). The van der Waals surface area contributed by atoms with Crippen molar-refractivity contribution in [2.24, 2.45) is 0 Å². The van der Waals surface area contributed by atoms with Gasteiger partial charge in [-0.15, -0.1) is 11.3 Å². The van der Waals surface area contributed by atoms with E-state index in [0.29, 0.717) is 34.4 Å². The van der Waals surface area contributed by atoms with Crippen LogP contribution in [0.4, 0.5) is 5.82 Å². The first-order valence-electron chi connectivity index (χ1n) is 8.37. The number of nitrogens with zero attached hydrogens (tertiary/aromatic N) is 2. The lowest BCUT2D eigenvalue weighted by Gasteiger charge is -2.16. The van der Waals surface area contributed by atoms with E-state index < -0.39 is 0 Å². The second-order valence-electron chi connectivity index (χ2n) is 6.06. The SMILES string of the molecule is COc1cc(C(=O)Nc2ccnn2Cc2cccs2)cc(Cl)c1OC(C)C. The van der Waals surface area contributed by atoms with Crippen LogP contribution in [0.1, 0.15) is 29.1 Å². The summed E-state index contributed by atoms with van der Waals surface area (Å²) in [5.74, 6) is 1.13. The van der Waals surface area contributed by atoms with Gasteiger partial charge < -0.3 is 14.8 Å². The van der Waals surface area contributed by atoms with E-state index in [-0.39, 0.29) is 12.0 Å². The van der Waals surface area contributed by atoms with Crippen LogP contribution in [0.25, 0.3) is 0 Å². The van der Waals surface area contributed by atoms with Crippen molar-refractivity contribution >= 4 is 34.7 Å². The Balaban J connectivity index is 1.81. The molecule has 0 fully saturated rings. The number of rotatable bonds is 7. The van der Waals surface area contributed by atoms with E-state index in [9.17, 15) is 4.79 Å². The highest BCUT2D eigenvalue weighted by Gasteiger charge is 2.18. The van der Waals surface area contributed by atoms with E-state index in [1.165, 1.54) is 7.11 Å². The fraction of sp³-hybridized carbons (Fsp3) is 0.263. The van der Waals surface area contributed by atoms with Gasteiger partial charge in [-0.3, -0.25) is 4.79 Å². The molecule has 0 aliphatic rings. The molecule has 142 valence electrons. The Morgan fingerprint density at radius 1 is 1.37 bits per heavy atom. The average Bonchev–Trinajstić information content (AvgIpc) is 3.29. The Morgan fingerprint density at radius 2 is 2.19 bits per heavy atom. The van der Waals surface area contributed by atoms with Gasteiger partial charge >= 0.3 is 0 Å². The highest BCUT2D eigenvalue weighted by Crippen LogP contribution is 2.37. The maximum Gasteiger partial charge on any atom is 0.257 e. The normalized spacial score (nSPS) is 10.9. The van der Waals surface area contributed by atoms with Crippen molar-refractivity contribution in [1.82, 2.24) is 9.78 Å². The highest BCUT2D eigenvalue weighted by molar-refractivity contribution is 7.09. The van der Waals surface area contributed by atoms with E-state index in [0.717, 1.165) is 4.88 Å². The average molecular weight is 406 g/mol. The third kappa shape index (κ3) is 4.61. The van der Waals surface area contributed by atoms with Gasteiger partial charge in [-0.1, -0.05) is 17.7 Å². The van der Waals surface area contributed by atoms with Gasteiger partial charge in [0, 0.05) is 16.5 Å². The Labute approximate surface area is 166 Å². The molecule has 1 N–H and O–H groups in total. The van der Waals surface area contributed by atoms with Crippen LogP contribution in [-0.2, 0) is 6.54 Å². The molecule has 0 radical (unpaired) electrons. The summed E-state index contributed by atoms with van der Waals surface area (Å²) in [4.78, 5) is 13.9. The quantitative estimate of drug-likeness (QED) is 0.619. The van der Waals surface area contributed by atoms with Crippen LogP contribution >= 0.6 is 22.9 Å². The van der Waals surface area contributed by atoms with Gasteiger partial charge in [-0.25, -0.2) is 4.68 Å². The molecule has 0 aliphatic carbocycles. The van der Waals surface area contributed by atoms with Crippen molar-refractivity contribution in [3.63, 3.8) is 0 Å². The van der Waals surface area contributed by atoms with Crippen LogP contribution in [0.5, 0.6) is 11.5 Å². The van der Waals surface area contributed by atoms with E-state index in [1.54, 1.807) is 40.4 Å². The molecule has 1 amide bonds. The lowest BCUT2D eigenvalue weighted by Crippen LogP contribution is -2.16. The predicted octanol–water partition coefficient (Wildman–Crippen LogP) is 4.69. The maximum absolute atomic E-state index is 12.7. The molecule has 3 aromatic rings. The number of ether oxygens (including phenoxy) is 2. The minimum Gasteiger partial charge on any atom is -0.493 e. The van der Waals surface area contributed by atoms with Crippen molar-refractivity contribution in [2.45, 2.75) is 26.5 Å². The van der Waals surface area contributed by atoms with E-state index >= 15 is 0 Å².